The molecule has 0 aliphatic carbocycles. The number of amides is 1. The van der Waals surface area contributed by atoms with E-state index < -0.39 is 0 Å². The van der Waals surface area contributed by atoms with E-state index in [0.717, 1.165) is 31.5 Å². The lowest BCUT2D eigenvalue weighted by Gasteiger charge is -2.13. The number of nitrogens with zero attached hydrogens (tertiary/aromatic N) is 1. The first-order valence-electron chi connectivity index (χ1n) is 6.53. The summed E-state index contributed by atoms with van der Waals surface area (Å²) in [6, 6.07) is 7.44. The van der Waals surface area contributed by atoms with Crippen LogP contribution in [0.1, 0.15) is 18.4 Å². The number of hydrogen-bond acceptors (Lipinski definition) is 2. The lowest BCUT2D eigenvalue weighted by Crippen LogP contribution is -2.26. The maximum absolute atomic E-state index is 12.0. The molecular weight excluding hydrogens is 262 g/mol. The molecule has 4 heteroatoms. The zero-order valence-corrected chi connectivity index (χ0v) is 11.5. The van der Waals surface area contributed by atoms with Crippen molar-refractivity contribution in [2.75, 3.05) is 19.7 Å². The summed E-state index contributed by atoms with van der Waals surface area (Å²) in [5.74, 6) is 0.447. The Morgan fingerprint density at radius 3 is 3.00 bits per heavy atom. The predicted octanol–water partition coefficient (Wildman–Crippen LogP) is 2.58. The molecule has 3 nitrogen and oxygen atoms in total. The molecule has 1 atom stereocenters. The minimum absolute atomic E-state index is 0.0142. The van der Waals surface area contributed by atoms with Crippen LogP contribution in [0.15, 0.2) is 30.3 Å². The van der Waals surface area contributed by atoms with Gasteiger partial charge in [0.05, 0.1) is 0 Å². The summed E-state index contributed by atoms with van der Waals surface area (Å²) in [4.78, 5) is 13.8. The fraction of sp³-hybridized carbons (Fsp3) is 0.400. The Bertz CT molecular complexity index is 473. The normalized spacial score (nSPS) is 19.3. The largest absolute Gasteiger partial charge is 0.396 e. The minimum Gasteiger partial charge on any atom is -0.396 e. The SMILES string of the molecule is O=C(/C=C/c1ccccc1Cl)N1CCC(CCO)C1. The number of carbonyl (C=O) groups is 1. The lowest BCUT2D eigenvalue weighted by molar-refractivity contribution is -0.125. The molecule has 19 heavy (non-hydrogen) atoms. The Hall–Kier alpha value is -1.32. The van der Waals surface area contributed by atoms with Gasteiger partial charge in [-0.05, 0) is 36.5 Å². The van der Waals surface area contributed by atoms with Gasteiger partial charge in [-0.3, -0.25) is 4.79 Å². The van der Waals surface area contributed by atoms with Crippen LogP contribution in [0.2, 0.25) is 5.02 Å². The van der Waals surface area contributed by atoms with Crippen LogP contribution >= 0.6 is 11.6 Å². The van der Waals surface area contributed by atoms with E-state index in [2.05, 4.69) is 0 Å². The Morgan fingerprint density at radius 1 is 1.47 bits per heavy atom. The molecule has 0 spiro atoms. The zero-order valence-electron chi connectivity index (χ0n) is 10.8. The van der Waals surface area contributed by atoms with Crippen molar-refractivity contribution < 1.29 is 9.90 Å². The third kappa shape index (κ3) is 3.82. The van der Waals surface area contributed by atoms with Crippen LogP contribution in [0.5, 0.6) is 0 Å². The molecule has 1 saturated heterocycles. The van der Waals surface area contributed by atoms with Gasteiger partial charge in [-0.2, -0.15) is 0 Å². The van der Waals surface area contributed by atoms with E-state index in [1.165, 1.54) is 0 Å². The number of carbonyl (C=O) groups excluding carboxylic acids is 1. The minimum atomic E-state index is 0.0142. The van der Waals surface area contributed by atoms with E-state index in [-0.39, 0.29) is 12.5 Å². The summed E-state index contributed by atoms with van der Waals surface area (Å²) in [6.07, 6.45) is 5.08. The van der Waals surface area contributed by atoms with E-state index in [1.54, 1.807) is 18.2 Å². The average molecular weight is 280 g/mol. The topological polar surface area (TPSA) is 40.5 Å². The summed E-state index contributed by atoms with van der Waals surface area (Å²) < 4.78 is 0. The maximum atomic E-state index is 12.0. The third-order valence-corrected chi connectivity index (χ3v) is 3.79. The molecule has 1 aliphatic heterocycles. The van der Waals surface area contributed by atoms with Crippen LogP contribution in [-0.4, -0.2) is 35.6 Å². The molecule has 1 aromatic rings. The molecule has 0 aromatic heterocycles. The fourth-order valence-corrected chi connectivity index (χ4v) is 2.53. The Kier molecular flexibility index (Phi) is 5.00. The van der Waals surface area contributed by atoms with Gasteiger partial charge in [-0.1, -0.05) is 29.8 Å². The monoisotopic (exact) mass is 279 g/mol. The molecule has 1 N–H and O–H groups in total. The van der Waals surface area contributed by atoms with Gasteiger partial charge in [0.1, 0.15) is 0 Å². The Balaban J connectivity index is 1.93. The highest BCUT2D eigenvalue weighted by atomic mass is 35.5. The van der Waals surface area contributed by atoms with Gasteiger partial charge in [0, 0.05) is 30.8 Å². The van der Waals surface area contributed by atoms with Gasteiger partial charge >= 0.3 is 0 Å². The Morgan fingerprint density at radius 2 is 2.26 bits per heavy atom. The van der Waals surface area contributed by atoms with Crippen molar-refractivity contribution in [3.8, 4) is 0 Å². The first-order valence-corrected chi connectivity index (χ1v) is 6.91. The van der Waals surface area contributed by atoms with Gasteiger partial charge < -0.3 is 10.0 Å². The molecule has 0 radical (unpaired) electrons. The van der Waals surface area contributed by atoms with Crippen molar-refractivity contribution in [1.82, 2.24) is 4.90 Å². The summed E-state index contributed by atoms with van der Waals surface area (Å²) in [5.41, 5.74) is 0.851. The molecule has 102 valence electrons. The quantitative estimate of drug-likeness (QED) is 0.861. The summed E-state index contributed by atoms with van der Waals surface area (Å²) in [5, 5.41) is 9.55. The second kappa shape index (κ2) is 6.73. The second-order valence-corrected chi connectivity index (χ2v) is 5.21. The molecule has 1 aliphatic rings. The number of likely N-dealkylation sites (tertiary alicyclic amines) is 1. The third-order valence-electron chi connectivity index (χ3n) is 3.45. The van der Waals surface area contributed by atoms with Gasteiger partial charge in [0.25, 0.3) is 0 Å². The highest BCUT2D eigenvalue weighted by Crippen LogP contribution is 2.20. The first kappa shape index (κ1) is 14.1. The molecule has 1 unspecified atom stereocenters. The van der Waals surface area contributed by atoms with Crippen molar-refractivity contribution in [3.05, 3.63) is 40.9 Å². The zero-order chi connectivity index (χ0) is 13.7. The van der Waals surface area contributed by atoms with Crippen LogP contribution < -0.4 is 0 Å². The Labute approximate surface area is 118 Å². The van der Waals surface area contributed by atoms with Crippen molar-refractivity contribution in [3.63, 3.8) is 0 Å². The van der Waals surface area contributed by atoms with E-state index in [4.69, 9.17) is 16.7 Å². The first-order chi connectivity index (χ1) is 9.20. The van der Waals surface area contributed by atoms with E-state index in [0.29, 0.717) is 10.9 Å². The predicted molar refractivity (Wildman–Crippen MR) is 76.9 cm³/mol. The van der Waals surface area contributed by atoms with Crippen molar-refractivity contribution in [1.29, 1.82) is 0 Å². The number of rotatable bonds is 4. The number of aliphatic hydroxyl groups excluding tert-OH is 1. The van der Waals surface area contributed by atoms with Gasteiger partial charge in [0.15, 0.2) is 0 Å². The molecular formula is C15H18ClNO2. The van der Waals surface area contributed by atoms with Gasteiger partial charge in [0.2, 0.25) is 5.91 Å². The van der Waals surface area contributed by atoms with E-state index >= 15 is 0 Å². The van der Waals surface area contributed by atoms with Gasteiger partial charge in [-0.15, -0.1) is 0 Å². The number of benzene rings is 1. The summed E-state index contributed by atoms with van der Waals surface area (Å²) in [6.45, 7) is 1.71. The molecule has 1 fully saturated rings. The van der Waals surface area contributed by atoms with E-state index in [9.17, 15) is 4.79 Å². The number of halogens is 1. The molecule has 0 bridgehead atoms. The molecule has 1 aromatic carbocycles. The van der Waals surface area contributed by atoms with Gasteiger partial charge in [-0.25, -0.2) is 0 Å². The van der Waals surface area contributed by atoms with Crippen LogP contribution in [0, 0.1) is 5.92 Å². The maximum Gasteiger partial charge on any atom is 0.246 e. The highest BCUT2D eigenvalue weighted by Gasteiger charge is 2.24. The standard InChI is InChI=1S/C15H18ClNO2/c16-14-4-2-1-3-13(14)5-6-15(19)17-9-7-12(11-17)8-10-18/h1-6,12,18H,7-11H2/b6-5+. The van der Waals surface area contributed by atoms with Crippen LogP contribution in [0.4, 0.5) is 0 Å². The van der Waals surface area contributed by atoms with Crippen LogP contribution in [0.25, 0.3) is 6.08 Å². The smallest absolute Gasteiger partial charge is 0.246 e. The molecule has 1 heterocycles. The summed E-state index contributed by atoms with van der Waals surface area (Å²) >= 11 is 6.03. The fourth-order valence-electron chi connectivity index (χ4n) is 2.33. The van der Waals surface area contributed by atoms with Crippen LogP contribution in [0.3, 0.4) is 0 Å². The van der Waals surface area contributed by atoms with Crippen molar-refractivity contribution >= 4 is 23.6 Å². The van der Waals surface area contributed by atoms with E-state index in [1.807, 2.05) is 23.1 Å². The summed E-state index contributed by atoms with van der Waals surface area (Å²) in [7, 11) is 0. The molecule has 0 saturated carbocycles. The highest BCUT2D eigenvalue weighted by molar-refractivity contribution is 6.32. The average Bonchev–Trinajstić information content (AvgIpc) is 2.87. The number of aliphatic hydroxyl groups is 1. The van der Waals surface area contributed by atoms with Crippen molar-refractivity contribution in [2.24, 2.45) is 5.92 Å². The second-order valence-electron chi connectivity index (χ2n) is 4.81. The number of hydrogen-bond donors (Lipinski definition) is 1. The lowest BCUT2D eigenvalue weighted by atomic mass is 10.1. The van der Waals surface area contributed by atoms with Crippen molar-refractivity contribution in [2.45, 2.75) is 12.8 Å². The molecule has 2 rings (SSSR count). The molecule has 1 amide bonds. The van der Waals surface area contributed by atoms with Crippen LogP contribution in [-0.2, 0) is 4.79 Å².